The van der Waals surface area contributed by atoms with Crippen LogP contribution in [0.5, 0.6) is 0 Å². The number of hydrogen-bond acceptors (Lipinski definition) is 3. The van der Waals surface area contributed by atoms with E-state index in [1.807, 2.05) is 25.1 Å². The average Bonchev–Trinajstić information content (AvgIpc) is 2.49. The van der Waals surface area contributed by atoms with E-state index < -0.39 is 0 Å². The minimum atomic E-state index is -0.227. The van der Waals surface area contributed by atoms with Crippen LogP contribution in [0, 0.1) is 12.3 Å². The van der Waals surface area contributed by atoms with E-state index in [-0.39, 0.29) is 18.5 Å². The molecule has 0 aliphatic carbocycles. The summed E-state index contributed by atoms with van der Waals surface area (Å²) in [5, 5.41) is 2.73. The summed E-state index contributed by atoms with van der Waals surface area (Å²) in [6, 6.07) is 9.87. The maximum atomic E-state index is 12.0. The molecule has 0 aliphatic rings. The van der Waals surface area contributed by atoms with Gasteiger partial charge in [0.25, 0.3) is 0 Å². The molecule has 108 valence electrons. The molecule has 1 aromatic rings. The largest absolute Gasteiger partial charge is 0.344 e. The lowest BCUT2D eigenvalue weighted by Crippen LogP contribution is -2.45. The van der Waals surface area contributed by atoms with E-state index in [1.165, 1.54) is 5.56 Å². The summed E-state index contributed by atoms with van der Waals surface area (Å²) >= 11 is 0. The zero-order valence-corrected chi connectivity index (χ0v) is 12.0. The van der Waals surface area contributed by atoms with Gasteiger partial charge in [-0.3, -0.25) is 9.69 Å². The molecule has 0 aromatic heterocycles. The Bertz CT molecular complexity index is 439. The van der Waals surface area contributed by atoms with Crippen molar-refractivity contribution in [2.75, 3.05) is 19.6 Å². The topological polar surface area (TPSA) is 58.4 Å². The Morgan fingerprint density at radius 2 is 2.15 bits per heavy atom. The molecular formula is C16H23N3O. The predicted molar refractivity (Wildman–Crippen MR) is 81.8 cm³/mol. The summed E-state index contributed by atoms with van der Waals surface area (Å²) in [4.78, 5) is 14.1. The van der Waals surface area contributed by atoms with Gasteiger partial charge < -0.3 is 11.1 Å². The fourth-order valence-electron chi connectivity index (χ4n) is 1.97. The van der Waals surface area contributed by atoms with Crippen molar-refractivity contribution in [2.24, 2.45) is 5.73 Å². The highest BCUT2D eigenvalue weighted by Crippen LogP contribution is 2.09. The van der Waals surface area contributed by atoms with E-state index in [0.717, 1.165) is 19.5 Å². The highest BCUT2D eigenvalue weighted by Gasteiger charge is 2.20. The molecule has 0 saturated heterocycles. The van der Waals surface area contributed by atoms with Gasteiger partial charge in [-0.05, 0) is 25.5 Å². The van der Waals surface area contributed by atoms with E-state index in [9.17, 15) is 4.79 Å². The third kappa shape index (κ3) is 5.43. The Morgan fingerprint density at radius 1 is 1.45 bits per heavy atom. The van der Waals surface area contributed by atoms with Crippen LogP contribution in [0.2, 0.25) is 0 Å². The first-order chi connectivity index (χ1) is 9.69. The first-order valence-electron chi connectivity index (χ1n) is 6.88. The molecule has 3 N–H and O–H groups in total. The van der Waals surface area contributed by atoms with Crippen LogP contribution < -0.4 is 11.1 Å². The third-order valence-corrected chi connectivity index (χ3v) is 3.17. The number of carbonyl (C=O) groups is 1. The molecule has 0 heterocycles. The van der Waals surface area contributed by atoms with Gasteiger partial charge in [0.1, 0.15) is 0 Å². The standard InChI is InChI=1S/C16H23N3O/c1-3-11-18-16(20)14(2)19(12-7-10-17)13-15-8-5-4-6-9-15/h1,4-6,8-9,14H,7,10-13,17H2,2H3,(H,18,20). The molecule has 0 spiro atoms. The number of terminal acetylenes is 1. The minimum Gasteiger partial charge on any atom is -0.344 e. The average molecular weight is 273 g/mol. The second kappa shape index (κ2) is 9.13. The van der Waals surface area contributed by atoms with Gasteiger partial charge in [-0.1, -0.05) is 36.3 Å². The molecule has 0 fully saturated rings. The fourth-order valence-corrected chi connectivity index (χ4v) is 1.97. The summed E-state index contributed by atoms with van der Waals surface area (Å²) in [7, 11) is 0. The predicted octanol–water partition coefficient (Wildman–Crippen LogP) is 0.975. The molecule has 0 saturated carbocycles. The van der Waals surface area contributed by atoms with Crippen molar-refractivity contribution in [3.05, 3.63) is 35.9 Å². The molecule has 20 heavy (non-hydrogen) atoms. The lowest BCUT2D eigenvalue weighted by atomic mass is 10.1. The molecule has 1 amide bonds. The molecule has 0 aliphatic heterocycles. The number of amides is 1. The zero-order chi connectivity index (χ0) is 14.8. The molecule has 4 heteroatoms. The van der Waals surface area contributed by atoms with E-state index in [1.54, 1.807) is 0 Å². The Kier molecular flexibility index (Phi) is 7.41. The normalized spacial score (nSPS) is 11.9. The van der Waals surface area contributed by atoms with Gasteiger partial charge in [-0.25, -0.2) is 0 Å². The quantitative estimate of drug-likeness (QED) is 0.694. The van der Waals surface area contributed by atoms with Crippen LogP contribution in [0.3, 0.4) is 0 Å². The van der Waals surface area contributed by atoms with Crippen LogP contribution in [0.25, 0.3) is 0 Å². The summed E-state index contributed by atoms with van der Waals surface area (Å²) < 4.78 is 0. The first kappa shape index (κ1) is 16.2. The Hall–Kier alpha value is -1.83. The molecular weight excluding hydrogens is 250 g/mol. The van der Waals surface area contributed by atoms with Crippen LogP contribution in [-0.4, -0.2) is 36.5 Å². The zero-order valence-electron chi connectivity index (χ0n) is 12.0. The third-order valence-electron chi connectivity index (χ3n) is 3.17. The van der Waals surface area contributed by atoms with Gasteiger partial charge in [-0.2, -0.15) is 0 Å². The van der Waals surface area contributed by atoms with Crippen molar-refractivity contribution in [3.63, 3.8) is 0 Å². The number of nitrogens with two attached hydrogens (primary N) is 1. The van der Waals surface area contributed by atoms with Gasteiger partial charge >= 0.3 is 0 Å². The van der Waals surface area contributed by atoms with Crippen molar-refractivity contribution in [1.29, 1.82) is 0 Å². The van der Waals surface area contributed by atoms with E-state index >= 15 is 0 Å². The summed E-state index contributed by atoms with van der Waals surface area (Å²) in [5.41, 5.74) is 6.75. The van der Waals surface area contributed by atoms with E-state index in [2.05, 4.69) is 28.3 Å². The minimum absolute atomic E-state index is 0.0455. The second-order valence-corrected chi connectivity index (χ2v) is 4.70. The summed E-state index contributed by atoms with van der Waals surface area (Å²) in [5.74, 6) is 2.37. The van der Waals surface area contributed by atoms with Crippen molar-refractivity contribution in [2.45, 2.75) is 25.9 Å². The Balaban J connectivity index is 2.67. The molecule has 1 rings (SSSR count). The van der Waals surface area contributed by atoms with E-state index in [0.29, 0.717) is 6.54 Å². The van der Waals surface area contributed by atoms with Crippen molar-refractivity contribution in [3.8, 4) is 12.3 Å². The highest BCUT2D eigenvalue weighted by atomic mass is 16.2. The SMILES string of the molecule is C#CCNC(=O)C(C)N(CCCN)Cc1ccccc1. The number of rotatable bonds is 8. The lowest BCUT2D eigenvalue weighted by Gasteiger charge is -2.28. The highest BCUT2D eigenvalue weighted by molar-refractivity contribution is 5.81. The van der Waals surface area contributed by atoms with Crippen LogP contribution in [0.15, 0.2) is 30.3 Å². The maximum Gasteiger partial charge on any atom is 0.237 e. The molecule has 1 aromatic carbocycles. The van der Waals surface area contributed by atoms with Crippen molar-refractivity contribution >= 4 is 5.91 Å². The maximum absolute atomic E-state index is 12.0. The van der Waals surface area contributed by atoms with E-state index in [4.69, 9.17) is 12.2 Å². The molecule has 1 atom stereocenters. The molecule has 4 nitrogen and oxygen atoms in total. The van der Waals surface area contributed by atoms with Gasteiger partial charge in [0.15, 0.2) is 0 Å². The van der Waals surface area contributed by atoms with Crippen molar-refractivity contribution in [1.82, 2.24) is 10.2 Å². The van der Waals surface area contributed by atoms with Crippen LogP contribution in [-0.2, 0) is 11.3 Å². The van der Waals surface area contributed by atoms with Gasteiger partial charge in [0.2, 0.25) is 5.91 Å². The van der Waals surface area contributed by atoms with Crippen molar-refractivity contribution < 1.29 is 4.79 Å². The lowest BCUT2D eigenvalue weighted by molar-refractivity contribution is -0.125. The fraction of sp³-hybridized carbons (Fsp3) is 0.438. The number of carbonyl (C=O) groups excluding carboxylic acids is 1. The van der Waals surface area contributed by atoms with Crippen LogP contribution in [0.4, 0.5) is 0 Å². The summed E-state index contributed by atoms with van der Waals surface area (Å²) in [6.45, 7) is 4.29. The first-order valence-corrected chi connectivity index (χ1v) is 6.88. The number of benzene rings is 1. The van der Waals surface area contributed by atoms with Gasteiger partial charge in [0, 0.05) is 13.1 Å². The monoisotopic (exact) mass is 273 g/mol. The number of hydrogen-bond donors (Lipinski definition) is 2. The summed E-state index contributed by atoms with van der Waals surface area (Å²) in [6.07, 6.45) is 6.02. The molecule has 0 bridgehead atoms. The Morgan fingerprint density at radius 3 is 2.75 bits per heavy atom. The second-order valence-electron chi connectivity index (χ2n) is 4.70. The van der Waals surface area contributed by atoms with Gasteiger partial charge in [-0.15, -0.1) is 6.42 Å². The molecule has 0 radical (unpaired) electrons. The van der Waals surface area contributed by atoms with Crippen LogP contribution >= 0.6 is 0 Å². The molecule has 1 unspecified atom stereocenters. The Labute approximate surface area is 121 Å². The smallest absolute Gasteiger partial charge is 0.237 e. The van der Waals surface area contributed by atoms with Gasteiger partial charge in [0.05, 0.1) is 12.6 Å². The van der Waals surface area contributed by atoms with Crippen LogP contribution in [0.1, 0.15) is 18.9 Å². The number of nitrogens with zero attached hydrogens (tertiary/aromatic N) is 1. The number of nitrogens with one attached hydrogen (secondary N) is 1.